The summed E-state index contributed by atoms with van der Waals surface area (Å²) in [5.74, 6) is 0.388. The van der Waals surface area contributed by atoms with Crippen molar-refractivity contribution in [3.05, 3.63) is 75.5 Å². The van der Waals surface area contributed by atoms with Crippen molar-refractivity contribution >= 4 is 28.4 Å². The minimum atomic E-state index is -0.459. The predicted octanol–water partition coefficient (Wildman–Crippen LogP) is 3.45. The van der Waals surface area contributed by atoms with Gasteiger partial charge in [-0.1, -0.05) is 30.3 Å². The maximum atomic E-state index is 12.6. The molecule has 0 aliphatic carbocycles. The van der Waals surface area contributed by atoms with Crippen molar-refractivity contribution in [1.29, 1.82) is 0 Å². The number of hydrogen-bond donors (Lipinski definition) is 1. The molecule has 1 aliphatic rings. The number of anilines is 1. The first-order chi connectivity index (χ1) is 14.5. The molecule has 150 valence electrons. The number of rotatable bonds is 3. The fourth-order valence-corrected chi connectivity index (χ4v) is 4.23. The van der Waals surface area contributed by atoms with Gasteiger partial charge >= 0.3 is 0 Å². The van der Waals surface area contributed by atoms with Gasteiger partial charge in [-0.15, -0.1) is 0 Å². The van der Waals surface area contributed by atoms with Crippen LogP contribution in [0, 0.1) is 17.0 Å². The lowest BCUT2D eigenvalue weighted by molar-refractivity contribution is -0.385. The van der Waals surface area contributed by atoms with Crippen LogP contribution in [-0.4, -0.2) is 30.2 Å². The minimum absolute atomic E-state index is 0.00182. The Kier molecular flexibility index (Phi) is 3.92. The number of carbonyl (C=O) groups is 1. The Morgan fingerprint density at radius 2 is 1.90 bits per heavy atom. The Labute approximate surface area is 171 Å². The van der Waals surface area contributed by atoms with Crippen LogP contribution < -0.4 is 5.32 Å². The van der Waals surface area contributed by atoms with Gasteiger partial charge in [-0.05, 0) is 19.1 Å². The van der Waals surface area contributed by atoms with Crippen molar-refractivity contribution in [1.82, 2.24) is 19.3 Å². The third-order valence-corrected chi connectivity index (χ3v) is 5.56. The summed E-state index contributed by atoms with van der Waals surface area (Å²) in [5, 5.41) is 19.1. The van der Waals surface area contributed by atoms with Gasteiger partial charge in [0.1, 0.15) is 5.82 Å². The number of para-hydroxylation sites is 3. The van der Waals surface area contributed by atoms with E-state index in [2.05, 4.69) is 15.4 Å². The summed E-state index contributed by atoms with van der Waals surface area (Å²) in [6.07, 6.45) is 0.118. The van der Waals surface area contributed by atoms with E-state index >= 15 is 0 Å². The molecular formula is C21H18N6O3. The van der Waals surface area contributed by atoms with Crippen molar-refractivity contribution in [2.45, 2.75) is 19.3 Å². The quantitative estimate of drug-likeness (QED) is 0.417. The van der Waals surface area contributed by atoms with Crippen LogP contribution in [0.25, 0.3) is 17.0 Å². The third-order valence-electron chi connectivity index (χ3n) is 5.56. The summed E-state index contributed by atoms with van der Waals surface area (Å²) in [7, 11) is 1.89. The number of imidazole rings is 1. The van der Waals surface area contributed by atoms with E-state index in [4.69, 9.17) is 0 Å². The molecule has 3 heterocycles. The van der Waals surface area contributed by atoms with Gasteiger partial charge in [0.05, 0.1) is 21.7 Å². The molecular weight excluding hydrogens is 384 g/mol. The normalized spacial score (nSPS) is 15.8. The van der Waals surface area contributed by atoms with Crippen LogP contribution in [0.2, 0.25) is 0 Å². The molecule has 2 aromatic heterocycles. The van der Waals surface area contributed by atoms with Crippen LogP contribution in [0.3, 0.4) is 0 Å². The summed E-state index contributed by atoms with van der Waals surface area (Å²) in [4.78, 5) is 28.4. The number of nitrogens with zero attached hydrogens (tertiary/aromatic N) is 5. The van der Waals surface area contributed by atoms with E-state index in [0.29, 0.717) is 23.0 Å². The van der Waals surface area contributed by atoms with Crippen LogP contribution >= 0.6 is 0 Å². The van der Waals surface area contributed by atoms with E-state index in [-0.39, 0.29) is 18.0 Å². The first-order valence-corrected chi connectivity index (χ1v) is 9.50. The number of nitro benzene ring substituents is 1. The van der Waals surface area contributed by atoms with E-state index in [9.17, 15) is 14.9 Å². The Balaban J connectivity index is 1.73. The molecule has 4 aromatic rings. The maximum absolute atomic E-state index is 12.6. The molecule has 5 rings (SSSR count). The number of benzene rings is 2. The van der Waals surface area contributed by atoms with E-state index < -0.39 is 10.8 Å². The highest BCUT2D eigenvalue weighted by atomic mass is 16.6. The summed E-state index contributed by atoms with van der Waals surface area (Å²) in [6.45, 7) is 1.84. The number of nitro groups is 1. The van der Waals surface area contributed by atoms with Gasteiger partial charge in [0, 0.05) is 36.6 Å². The third kappa shape index (κ3) is 2.59. The van der Waals surface area contributed by atoms with Gasteiger partial charge in [0.15, 0.2) is 0 Å². The Bertz CT molecular complexity index is 1340. The molecule has 0 bridgehead atoms. The zero-order valence-corrected chi connectivity index (χ0v) is 16.4. The summed E-state index contributed by atoms with van der Waals surface area (Å²) >= 11 is 0. The van der Waals surface area contributed by atoms with Crippen molar-refractivity contribution < 1.29 is 9.72 Å². The predicted molar refractivity (Wildman–Crippen MR) is 111 cm³/mol. The molecule has 0 spiro atoms. The van der Waals surface area contributed by atoms with Crippen molar-refractivity contribution in [3.63, 3.8) is 0 Å². The van der Waals surface area contributed by atoms with Crippen molar-refractivity contribution in [2.24, 2.45) is 7.05 Å². The molecule has 1 amide bonds. The van der Waals surface area contributed by atoms with Crippen LogP contribution in [0.1, 0.15) is 29.2 Å². The summed E-state index contributed by atoms with van der Waals surface area (Å²) in [5.41, 5.74) is 3.72. The molecule has 0 saturated carbocycles. The molecule has 9 heteroatoms. The molecule has 0 unspecified atom stereocenters. The van der Waals surface area contributed by atoms with Crippen molar-refractivity contribution in [2.75, 3.05) is 5.32 Å². The smallest absolute Gasteiger partial charge is 0.273 e. The lowest BCUT2D eigenvalue weighted by atomic mass is 9.85. The molecule has 30 heavy (non-hydrogen) atoms. The van der Waals surface area contributed by atoms with Gasteiger partial charge < -0.3 is 9.88 Å². The van der Waals surface area contributed by atoms with E-state index in [1.54, 1.807) is 22.9 Å². The highest BCUT2D eigenvalue weighted by molar-refractivity contribution is 5.95. The molecule has 2 aromatic carbocycles. The monoisotopic (exact) mass is 402 g/mol. The lowest BCUT2D eigenvalue weighted by Gasteiger charge is -2.24. The fourth-order valence-electron chi connectivity index (χ4n) is 4.23. The molecule has 0 fully saturated rings. The first-order valence-electron chi connectivity index (χ1n) is 9.50. The van der Waals surface area contributed by atoms with Gasteiger partial charge in [0.2, 0.25) is 11.9 Å². The van der Waals surface area contributed by atoms with Crippen LogP contribution in [0.15, 0.2) is 48.5 Å². The number of amides is 1. The number of carbonyl (C=O) groups excluding carboxylic acids is 1. The van der Waals surface area contributed by atoms with Gasteiger partial charge in [-0.2, -0.15) is 9.78 Å². The average Bonchev–Trinajstić information content (AvgIpc) is 3.24. The number of aryl methyl sites for hydroxylation is 2. The molecule has 1 atom stereocenters. The standard InChI is InChI=1S/C21H18N6O3/c1-12-19-14(13-7-3-5-9-16(13)27(29)30)11-18(28)23-20(19)26(24-12)21-22-15-8-4-6-10-17(15)25(21)2/h3-10,14H,11H2,1-2H3,(H,23,28)/t14-/m1/s1. The van der Waals surface area contributed by atoms with E-state index in [1.807, 2.05) is 42.8 Å². The van der Waals surface area contributed by atoms with Gasteiger partial charge in [0.25, 0.3) is 5.69 Å². The number of aromatic nitrogens is 4. The Hall–Kier alpha value is -4.01. The second-order valence-corrected chi connectivity index (χ2v) is 7.34. The number of hydrogen-bond acceptors (Lipinski definition) is 5. The average molecular weight is 402 g/mol. The van der Waals surface area contributed by atoms with Crippen molar-refractivity contribution in [3.8, 4) is 5.95 Å². The minimum Gasteiger partial charge on any atom is -0.311 e. The van der Waals surface area contributed by atoms with E-state index in [1.165, 1.54) is 6.07 Å². The fraction of sp³-hybridized carbons (Fsp3) is 0.190. The number of fused-ring (bicyclic) bond motifs is 2. The Morgan fingerprint density at radius 1 is 1.17 bits per heavy atom. The largest absolute Gasteiger partial charge is 0.311 e. The van der Waals surface area contributed by atoms with Crippen LogP contribution in [0.5, 0.6) is 0 Å². The topological polar surface area (TPSA) is 108 Å². The Morgan fingerprint density at radius 3 is 2.67 bits per heavy atom. The second-order valence-electron chi connectivity index (χ2n) is 7.34. The lowest BCUT2D eigenvalue weighted by Crippen LogP contribution is -2.25. The van der Waals surface area contributed by atoms with Gasteiger partial charge in [-0.25, -0.2) is 4.98 Å². The zero-order chi connectivity index (χ0) is 21.0. The maximum Gasteiger partial charge on any atom is 0.273 e. The molecule has 1 N–H and O–H groups in total. The highest BCUT2D eigenvalue weighted by Crippen LogP contribution is 2.42. The SMILES string of the molecule is Cc1nn(-c2nc3ccccc3n2C)c2c1[C@@H](c1ccccc1[N+](=O)[O-])CC(=O)N2. The summed E-state index contributed by atoms with van der Waals surface area (Å²) in [6, 6.07) is 14.3. The van der Waals surface area contributed by atoms with Crippen LogP contribution in [0.4, 0.5) is 11.5 Å². The van der Waals surface area contributed by atoms with Gasteiger partial charge in [-0.3, -0.25) is 14.9 Å². The van der Waals surface area contributed by atoms with E-state index in [0.717, 1.165) is 16.6 Å². The second kappa shape index (κ2) is 6.51. The molecule has 0 saturated heterocycles. The summed E-state index contributed by atoms with van der Waals surface area (Å²) < 4.78 is 3.52. The molecule has 1 aliphatic heterocycles. The van der Waals surface area contributed by atoms with Crippen LogP contribution in [-0.2, 0) is 11.8 Å². The highest BCUT2D eigenvalue weighted by Gasteiger charge is 2.36. The first kappa shape index (κ1) is 18.0. The molecule has 9 nitrogen and oxygen atoms in total. The zero-order valence-electron chi connectivity index (χ0n) is 16.4. The number of nitrogens with one attached hydrogen (secondary N) is 1. The molecule has 0 radical (unpaired) electrons.